The fourth-order valence-electron chi connectivity index (χ4n) is 1.06. The molecule has 2 heteroatoms. The summed E-state index contributed by atoms with van der Waals surface area (Å²) < 4.78 is 0. The Morgan fingerprint density at radius 1 is 1.60 bits per heavy atom. The van der Waals surface area contributed by atoms with Gasteiger partial charge in [-0.3, -0.25) is 4.79 Å². The van der Waals surface area contributed by atoms with Crippen molar-refractivity contribution in [2.24, 2.45) is 5.92 Å². The fraction of sp³-hybridized carbons (Fsp3) is 0.875. The molecule has 0 atom stereocenters. The molecule has 1 aliphatic carbocycles. The summed E-state index contributed by atoms with van der Waals surface area (Å²) in [5, 5.41) is 2.79. The normalized spacial score (nSPS) is 16.9. The SMILES string of the molecule is CC(=O)NCCCC1CC1. The second-order valence-electron chi connectivity index (χ2n) is 3.07. The Morgan fingerprint density at radius 3 is 2.80 bits per heavy atom. The summed E-state index contributed by atoms with van der Waals surface area (Å²) in [5.74, 6) is 1.09. The topological polar surface area (TPSA) is 29.1 Å². The molecule has 1 saturated carbocycles. The Hall–Kier alpha value is -0.530. The van der Waals surface area contributed by atoms with Gasteiger partial charge in [0.2, 0.25) is 5.91 Å². The van der Waals surface area contributed by atoms with Crippen LogP contribution in [0, 0.1) is 5.92 Å². The minimum Gasteiger partial charge on any atom is -0.356 e. The van der Waals surface area contributed by atoms with Crippen molar-refractivity contribution in [3.8, 4) is 0 Å². The van der Waals surface area contributed by atoms with E-state index in [0.29, 0.717) is 0 Å². The quantitative estimate of drug-likeness (QED) is 0.588. The van der Waals surface area contributed by atoms with E-state index >= 15 is 0 Å². The lowest BCUT2D eigenvalue weighted by Gasteiger charge is -1.99. The number of hydrogen-bond donors (Lipinski definition) is 1. The summed E-state index contributed by atoms with van der Waals surface area (Å²) in [7, 11) is 0. The van der Waals surface area contributed by atoms with Crippen LogP contribution in [0.3, 0.4) is 0 Å². The van der Waals surface area contributed by atoms with Crippen LogP contribution in [-0.4, -0.2) is 12.5 Å². The van der Waals surface area contributed by atoms with E-state index in [1.54, 1.807) is 6.92 Å². The van der Waals surface area contributed by atoms with Gasteiger partial charge in [0.25, 0.3) is 0 Å². The highest BCUT2D eigenvalue weighted by atomic mass is 16.1. The molecule has 0 radical (unpaired) electrons. The van der Waals surface area contributed by atoms with E-state index < -0.39 is 0 Å². The van der Waals surface area contributed by atoms with Crippen molar-refractivity contribution < 1.29 is 4.79 Å². The molecule has 0 aromatic rings. The van der Waals surface area contributed by atoms with E-state index in [4.69, 9.17) is 0 Å². The monoisotopic (exact) mass is 141 g/mol. The molecule has 0 aromatic heterocycles. The summed E-state index contributed by atoms with van der Waals surface area (Å²) in [6, 6.07) is 0. The Balaban J connectivity index is 1.80. The average molecular weight is 141 g/mol. The van der Waals surface area contributed by atoms with Crippen LogP contribution >= 0.6 is 0 Å². The zero-order chi connectivity index (χ0) is 7.40. The van der Waals surface area contributed by atoms with Gasteiger partial charge in [-0.25, -0.2) is 0 Å². The van der Waals surface area contributed by atoms with E-state index in [2.05, 4.69) is 5.32 Å². The Kier molecular flexibility index (Phi) is 2.72. The first-order valence-corrected chi connectivity index (χ1v) is 4.03. The Bertz CT molecular complexity index is 118. The van der Waals surface area contributed by atoms with Gasteiger partial charge in [0, 0.05) is 13.5 Å². The van der Waals surface area contributed by atoms with Gasteiger partial charge >= 0.3 is 0 Å². The fourth-order valence-corrected chi connectivity index (χ4v) is 1.06. The van der Waals surface area contributed by atoms with Gasteiger partial charge in [-0.2, -0.15) is 0 Å². The minimum absolute atomic E-state index is 0.0933. The van der Waals surface area contributed by atoms with Gasteiger partial charge in [0.1, 0.15) is 0 Å². The largest absolute Gasteiger partial charge is 0.356 e. The zero-order valence-corrected chi connectivity index (χ0v) is 6.52. The Morgan fingerprint density at radius 2 is 2.30 bits per heavy atom. The van der Waals surface area contributed by atoms with Crippen molar-refractivity contribution in [1.29, 1.82) is 0 Å². The molecule has 0 spiro atoms. The molecule has 1 amide bonds. The number of amides is 1. The number of hydrogen-bond acceptors (Lipinski definition) is 1. The maximum absolute atomic E-state index is 10.4. The van der Waals surface area contributed by atoms with Crippen LogP contribution in [0.2, 0.25) is 0 Å². The zero-order valence-electron chi connectivity index (χ0n) is 6.52. The van der Waals surface area contributed by atoms with Crippen LogP contribution in [0.15, 0.2) is 0 Å². The summed E-state index contributed by atoms with van der Waals surface area (Å²) >= 11 is 0. The van der Waals surface area contributed by atoms with Gasteiger partial charge in [-0.1, -0.05) is 12.8 Å². The number of rotatable bonds is 4. The first kappa shape index (κ1) is 7.58. The second kappa shape index (κ2) is 3.59. The van der Waals surface area contributed by atoms with Crippen LogP contribution in [0.25, 0.3) is 0 Å². The van der Waals surface area contributed by atoms with Crippen molar-refractivity contribution >= 4 is 5.91 Å². The van der Waals surface area contributed by atoms with Crippen molar-refractivity contribution in [2.75, 3.05) is 6.54 Å². The second-order valence-corrected chi connectivity index (χ2v) is 3.07. The average Bonchev–Trinajstić information content (AvgIpc) is 2.62. The lowest BCUT2D eigenvalue weighted by atomic mass is 10.2. The van der Waals surface area contributed by atoms with Gasteiger partial charge in [-0.15, -0.1) is 0 Å². The molecule has 0 bridgehead atoms. The van der Waals surface area contributed by atoms with Crippen LogP contribution in [0.5, 0.6) is 0 Å². The predicted octanol–water partition coefficient (Wildman–Crippen LogP) is 1.31. The first-order chi connectivity index (χ1) is 4.79. The standard InChI is InChI=1S/C8H15NO/c1-7(10)9-6-2-3-8-4-5-8/h8H,2-6H2,1H3,(H,9,10). The smallest absolute Gasteiger partial charge is 0.216 e. The van der Waals surface area contributed by atoms with Crippen molar-refractivity contribution in [1.82, 2.24) is 5.32 Å². The molecule has 0 saturated heterocycles. The molecular formula is C8H15NO. The van der Waals surface area contributed by atoms with Crippen molar-refractivity contribution in [2.45, 2.75) is 32.6 Å². The van der Waals surface area contributed by atoms with E-state index in [1.165, 1.54) is 19.3 Å². The number of carbonyl (C=O) groups is 1. The van der Waals surface area contributed by atoms with Crippen molar-refractivity contribution in [3.05, 3.63) is 0 Å². The molecule has 1 fully saturated rings. The third-order valence-corrected chi connectivity index (χ3v) is 1.86. The highest BCUT2D eigenvalue weighted by Crippen LogP contribution is 2.33. The van der Waals surface area contributed by atoms with E-state index in [1.807, 2.05) is 0 Å². The van der Waals surface area contributed by atoms with E-state index in [0.717, 1.165) is 18.9 Å². The number of carbonyl (C=O) groups excluding carboxylic acids is 1. The first-order valence-electron chi connectivity index (χ1n) is 4.03. The Labute approximate surface area is 62.0 Å². The lowest BCUT2D eigenvalue weighted by Crippen LogP contribution is -2.20. The lowest BCUT2D eigenvalue weighted by molar-refractivity contribution is -0.118. The van der Waals surface area contributed by atoms with Gasteiger partial charge in [-0.05, 0) is 18.8 Å². The molecule has 2 nitrogen and oxygen atoms in total. The molecule has 1 N–H and O–H groups in total. The molecule has 10 heavy (non-hydrogen) atoms. The molecule has 0 heterocycles. The number of nitrogens with one attached hydrogen (secondary N) is 1. The molecule has 1 rings (SSSR count). The van der Waals surface area contributed by atoms with Crippen LogP contribution in [0.1, 0.15) is 32.6 Å². The molecule has 58 valence electrons. The molecular weight excluding hydrogens is 126 g/mol. The van der Waals surface area contributed by atoms with Crippen LogP contribution in [-0.2, 0) is 4.79 Å². The third-order valence-electron chi connectivity index (χ3n) is 1.86. The molecule has 1 aliphatic rings. The van der Waals surface area contributed by atoms with E-state index in [-0.39, 0.29) is 5.91 Å². The van der Waals surface area contributed by atoms with Crippen molar-refractivity contribution in [3.63, 3.8) is 0 Å². The maximum atomic E-state index is 10.4. The highest BCUT2D eigenvalue weighted by molar-refractivity contribution is 5.72. The third kappa shape index (κ3) is 3.49. The summed E-state index contributed by atoms with van der Waals surface area (Å²) in [4.78, 5) is 10.4. The summed E-state index contributed by atoms with van der Waals surface area (Å²) in [6.07, 6.45) is 5.30. The van der Waals surface area contributed by atoms with Gasteiger partial charge < -0.3 is 5.32 Å². The van der Waals surface area contributed by atoms with E-state index in [9.17, 15) is 4.79 Å². The predicted molar refractivity (Wildman–Crippen MR) is 40.6 cm³/mol. The summed E-state index contributed by atoms with van der Waals surface area (Å²) in [6.45, 7) is 2.43. The minimum atomic E-state index is 0.0933. The highest BCUT2D eigenvalue weighted by Gasteiger charge is 2.19. The van der Waals surface area contributed by atoms with Crippen LogP contribution in [0.4, 0.5) is 0 Å². The maximum Gasteiger partial charge on any atom is 0.216 e. The molecule has 0 aliphatic heterocycles. The summed E-state index contributed by atoms with van der Waals surface area (Å²) in [5.41, 5.74) is 0. The molecule has 0 aromatic carbocycles. The van der Waals surface area contributed by atoms with Gasteiger partial charge in [0.15, 0.2) is 0 Å². The molecule has 0 unspecified atom stereocenters. The van der Waals surface area contributed by atoms with Gasteiger partial charge in [0.05, 0.1) is 0 Å². The van der Waals surface area contributed by atoms with Crippen LogP contribution < -0.4 is 5.32 Å².